The van der Waals surface area contributed by atoms with Crippen molar-refractivity contribution in [3.05, 3.63) is 163 Å². The van der Waals surface area contributed by atoms with Crippen LogP contribution in [0.2, 0.25) is 19.6 Å². The van der Waals surface area contributed by atoms with Gasteiger partial charge in [-0.2, -0.15) is 0 Å². The van der Waals surface area contributed by atoms with E-state index in [1.165, 1.54) is 11.6 Å². The first-order valence-electron chi connectivity index (χ1n) is 21.7. The maximum absolute atomic E-state index is 8.79. The van der Waals surface area contributed by atoms with Crippen LogP contribution in [-0.2, 0) is 26.5 Å². The molecule has 4 heterocycles. The van der Waals surface area contributed by atoms with Gasteiger partial charge in [-0.05, 0) is 77.1 Å². The number of pyridine rings is 2. The summed E-state index contributed by atoms with van der Waals surface area (Å²) in [5, 5.41) is 3.01. The molecule has 7 heteroatoms. The average Bonchev–Trinajstić information content (AvgIpc) is 3.81. The quantitative estimate of drug-likeness (QED) is 0.123. The van der Waals surface area contributed by atoms with E-state index in [4.69, 9.17) is 16.3 Å². The molecule has 0 aliphatic carbocycles. The molecule has 0 saturated heterocycles. The molecule has 0 saturated carbocycles. The maximum Gasteiger partial charge on any atom is 0.216 e. The Bertz CT molecular complexity index is 3080. The van der Waals surface area contributed by atoms with E-state index in [2.05, 4.69) is 107 Å². The van der Waals surface area contributed by atoms with Crippen molar-refractivity contribution in [3.8, 4) is 39.5 Å². The van der Waals surface area contributed by atoms with Crippen LogP contribution in [0.4, 0.5) is 0 Å². The molecule has 58 heavy (non-hydrogen) atoms. The number of imidazole rings is 1. The molecule has 0 bridgehead atoms. The van der Waals surface area contributed by atoms with Crippen LogP contribution in [0.1, 0.15) is 44.4 Å². The van der Waals surface area contributed by atoms with E-state index in [0.29, 0.717) is 22.5 Å². The fraction of sp³-hybridized carbons (Fsp3) is 0.196. The first-order chi connectivity index (χ1) is 29.3. The van der Waals surface area contributed by atoms with Gasteiger partial charge in [0.1, 0.15) is 0 Å². The predicted octanol–water partition coefficient (Wildman–Crippen LogP) is 12.8. The van der Waals surface area contributed by atoms with Crippen LogP contribution in [0.15, 0.2) is 138 Å². The van der Waals surface area contributed by atoms with Gasteiger partial charge in [0.15, 0.2) is 0 Å². The number of para-hydroxylation sites is 2. The number of aromatic nitrogens is 4. The molecule has 5 aromatic carbocycles. The molecule has 1 radical (unpaired) electrons. The van der Waals surface area contributed by atoms with Crippen molar-refractivity contribution in [2.75, 3.05) is 0 Å². The van der Waals surface area contributed by atoms with E-state index in [0.717, 1.165) is 60.9 Å². The smallest absolute Gasteiger partial charge is 0.216 e. The van der Waals surface area contributed by atoms with Crippen molar-refractivity contribution >= 4 is 46.4 Å². The van der Waals surface area contributed by atoms with Crippen molar-refractivity contribution in [2.45, 2.75) is 60.6 Å². The number of furan rings is 1. The second-order valence-corrected chi connectivity index (χ2v) is 21.4. The summed E-state index contributed by atoms with van der Waals surface area (Å²) in [4.78, 5) is 14.2. The Balaban J connectivity index is 0.000000193. The Morgan fingerprint density at radius 3 is 2.33 bits per heavy atom. The Labute approximate surface area is 363 Å². The summed E-state index contributed by atoms with van der Waals surface area (Å²) in [5.41, 5.74) is 10.0. The van der Waals surface area contributed by atoms with Crippen LogP contribution in [0.25, 0.3) is 72.6 Å². The summed E-state index contributed by atoms with van der Waals surface area (Å²) >= 11 is 0. The molecule has 0 unspecified atom stereocenters. The molecule has 4 aromatic heterocycles. The zero-order valence-corrected chi connectivity index (χ0v) is 37.1. The van der Waals surface area contributed by atoms with Gasteiger partial charge in [0.2, 0.25) is 5.71 Å². The van der Waals surface area contributed by atoms with Crippen molar-refractivity contribution in [1.29, 1.82) is 0 Å². The molecule has 5 nitrogen and oxygen atoms in total. The molecule has 9 aromatic rings. The average molecular weight is 958 g/mol. The molecule has 0 N–H and O–H groups in total. The van der Waals surface area contributed by atoms with Crippen LogP contribution in [0.3, 0.4) is 0 Å². The fourth-order valence-corrected chi connectivity index (χ4v) is 8.48. The summed E-state index contributed by atoms with van der Waals surface area (Å²) in [6, 6.07) is 48.2. The van der Waals surface area contributed by atoms with E-state index in [-0.39, 0.29) is 25.7 Å². The SMILES string of the molecule is Cc1ccc2c(n1)oc1c(-c3nc4ccccc4n3-c3cccc(-c4ccccc4)c3)[c-]ccc12.[2H]C([2H])([2H])c1c[c-]c(-c2cc(C([2H])([2H])C(C)(C)C)c([Si](C)(C)C)cn2)cc1.[Ir]. The number of rotatable bonds is 6. The molecule has 0 atom stereocenters. The van der Waals surface area contributed by atoms with Gasteiger partial charge in [-0.3, -0.25) is 4.98 Å². The zero-order valence-electron chi connectivity index (χ0n) is 38.7. The number of hydrogen-bond acceptors (Lipinski definition) is 4. The third-order valence-corrected chi connectivity index (χ3v) is 11.8. The van der Waals surface area contributed by atoms with Crippen LogP contribution in [0.5, 0.6) is 0 Å². The van der Waals surface area contributed by atoms with E-state index in [1.54, 1.807) is 18.3 Å². The topological polar surface area (TPSA) is 56.7 Å². The second-order valence-electron chi connectivity index (χ2n) is 16.4. The van der Waals surface area contributed by atoms with E-state index >= 15 is 0 Å². The van der Waals surface area contributed by atoms with Crippen LogP contribution in [0, 0.1) is 31.3 Å². The Hall–Kier alpha value is -5.46. The van der Waals surface area contributed by atoms with Gasteiger partial charge < -0.3 is 14.0 Å². The van der Waals surface area contributed by atoms with Gasteiger partial charge in [0.05, 0.1) is 30.5 Å². The Kier molecular flexibility index (Phi) is 9.78. The normalized spacial score (nSPS) is 13.5. The number of fused-ring (bicyclic) bond motifs is 4. The Morgan fingerprint density at radius 1 is 0.810 bits per heavy atom. The maximum atomic E-state index is 8.79. The summed E-state index contributed by atoms with van der Waals surface area (Å²) < 4.78 is 48.5. The fourth-order valence-electron chi connectivity index (χ4n) is 7.08. The molecular formula is C51H48IrN4OSi-2. The first-order valence-corrected chi connectivity index (χ1v) is 22.7. The summed E-state index contributed by atoms with van der Waals surface area (Å²) in [7, 11) is -1.81. The zero-order chi connectivity index (χ0) is 44.2. The monoisotopic (exact) mass is 958 g/mol. The number of nitrogens with zero attached hydrogens (tertiary/aromatic N) is 4. The first kappa shape index (κ1) is 34.6. The van der Waals surface area contributed by atoms with Gasteiger partial charge in [-0.25, -0.2) is 4.98 Å². The molecule has 0 aliphatic heterocycles. The second kappa shape index (κ2) is 16.4. The van der Waals surface area contributed by atoms with Crippen molar-refractivity contribution < 1.29 is 31.4 Å². The Morgan fingerprint density at radius 2 is 1.59 bits per heavy atom. The van der Waals surface area contributed by atoms with Crippen LogP contribution < -0.4 is 5.19 Å². The van der Waals surface area contributed by atoms with Gasteiger partial charge >= 0.3 is 0 Å². The summed E-state index contributed by atoms with van der Waals surface area (Å²) in [6.45, 7) is 12.1. The third-order valence-electron chi connectivity index (χ3n) is 9.74. The van der Waals surface area contributed by atoms with E-state index in [1.807, 2.05) is 76.2 Å². The summed E-state index contributed by atoms with van der Waals surface area (Å²) in [6.07, 6.45) is 0.269. The minimum absolute atomic E-state index is 0. The van der Waals surface area contributed by atoms with Gasteiger partial charge in [0, 0.05) is 49.9 Å². The van der Waals surface area contributed by atoms with E-state index < -0.39 is 26.7 Å². The van der Waals surface area contributed by atoms with Gasteiger partial charge in [0.25, 0.3) is 0 Å². The van der Waals surface area contributed by atoms with E-state index in [9.17, 15) is 0 Å². The van der Waals surface area contributed by atoms with Crippen molar-refractivity contribution in [3.63, 3.8) is 0 Å². The number of benzene rings is 5. The molecule has 0 fully saturated rings. The molecule has 0 spiro atoms. The molecular weight excluding hydrogens is 905 g/mol. The van der Waals surface area contributed by atoms with Crippen LogP contribution >= 0.6 is 0 Å². The van der Waals surface area contributed by atoms with Crippen molar-refractivity contribution in [1.82, 2.24) is 19.5 Å². The summed E-state index contributed by atoms with van der Waals surface area (Å²) in [5.74, 6) is 0.790. The van der Waals surface area contributed by atoms with Gasteiger partial charge in [-0.15, -0.1) is 53.6 Å². The van der Waals surface area contributed by atoms with Crippen LogP contribution in [-0.4, -0.2) is 27.6 Å². The minimum atomic E-state index is -2.17. The predicted molar refractivity (Wildman–Crippen MR) is 240 cm³/mol. The van der Waals surface area contributed by atoms with Gasteiger partial charge in [-0.1, -0.05) is 124 Å². The minimum Gasteiger partial charge on any atom is -0.486 e. The largest absolute Gasteiger partial charge is 0.486 e. The standard InChI is InChI=1S/C31H20N3O.C20H28NSi.Ir/c1-20-17-18-25-24-13-8-14-26(29(24)35-31(25)32-20)30-33-27-15-5-6-16-28(27)34(30)23-12-7-11-22(19-23)21-9-3-2-4-10-21;1-15-8-10-16(11-9-15)18-12-17(13-20(2,3)4)19(14-21-18)22(5,6)7;/h2-13,15-19H,1H3;8-10,12,14H,13H2,1-7H3;/q2*-1;/i;1D3,13D2;. The molecule has 0 amide bonds. The molecule has 0 aliphatic rings. The van der Waals surface area contributed by atoms with Crippen molar-refractivity contribution in [2.24, 2.45) is 5.41 Å². The third kappa shape index (κ3) is 8.54. The number of aryl methyl sites for hydroxylation is 2. The number of hydrogen-bond donors (Lipinski definition) is 0. The molecule has 9 rings (SSSR count). The molecule has 293 valence electrons.